The number of benzene rings is 9. The molecular weight excluding hydrogens is 693 g/mol. The zero-order valence-electron chi connectivity index (χ0n) is 31.9. The van der Waals surface area contributed by atoms with Gasteiger partial charge in [-0.15, -0.1) is 11.3 Å². The number of thiophene rings is 1. The predicted octanol–water partition coefficient (Wildman–Crippen LogP) is 15.3. The van der Waals surface area contributed by atoms with Crippen LogP contribution in [0.5, 0.6) is 0 Å². The van der Waals surface area contributed by atoms with Crippen molar-refractivity contribution in [1.29, 1.82) is 0 Å². The van der Waals surface area contributed by atoms with E-state index in [0.717, 1.165) is 0 Å². The Hall–Kier alpha value is -6.28. The minimum Gasteiger partial charge on any atom is -0.135 e. The van der Waals surface area contributed by atoms with Crippen LogP contribution in [0.25, 0.3) is 86.2 Å². The molecule has 1 aromatic heterocycles. The van der Waals surface area contributed by atoms with Crippen molar-refractivity contribution in [2.75, 3.05) is 0 Å². The first-order chi connectivity index (χ1) is 27.4. The molecule has 0 amide bonds. The van der Waals surface area contributed by atoms with Gasteiger partial charge in [-0.2, -0.15) is 0 Å². The molecule has 10 aromatic rings. The van der Waals surface area contributed by atoms with Crippen molar-refractivity contribution in [3.63, 3.8) is 0 Å². The summed E-state index contributed by atoms with van der Waals surface area (Å²) in [5.74, 6) is 0. The quantitative estimate of drug-likeness (QED) is 0.155. The number of hydrogen-bond donors (Lipinski definition) is 0. The van der Waals surface area contributed by atoms with Crippen molar-refractivity contribution in [2.24, 2.45) is 0 Å². The van der Waals surface area contributed by atoms with Gasteiger partial charge in [0.15, 0.2) is 0 Å². The van der Waals surface area contributed by atoms with E-state index in [-0.39, 0.29) is 0 Å². The van der Waals surface area contributed by atoms with E-state index < -0.39 is 5.41 Å². The molecule has 0 bridgehead atoms. The monoisotopic (exact) mass is 730 g/mol. The smallest absolute Gasteiger partial charge is 0.0740 e. The summed E-state index contributed by atoms with van der Waals surface area (Å²) in [4.78, 5) is 1.42. The van der Waals surface area contributed by atoms with Crippen molar-refractivity contribution >= 4 is 53.7 Å². The van der Waals surface area contributed by atoms with Crippen LogP contribution in [-0.2, 0) is 5.41 Å². The van der Waals surface area contributed by atoms with Crippen LogP contribution in [0.4, 0.5) is 0 Å². The van der Waals surface area contributed by atoms with Crippen molar-refractivity contribution < 1.29 is 0 Å². The van der Waals surface area contributed by atoms with Crippen LogP contribution in [0.1, 0.15) is 44.5 Å². The first-order valence-corrected chi connectivity index (χ1v) is 20.6. The molecule has 1 heteroatoms. The minimum absolute atomic E-state index is 0.425. The molecule has 1 spiro atoms. The lowest BCUT2D eigenvalue weighted by molar-refractivity contribution is 0.802. The zero-order valence-corrected chi connectivity index (χ0v) is 32.7. The summed E-state index contributed by atoms with van der Waals surface area (Å²) >= 11 is 1.99. The van der Waals surface area contributed by atoms with E-state index in [9.17, 15) is 0 Å². The Morgan fingerprint density at radius 1 is 0.357 bits per heavy atom. The van der Waals surface area contributed by atoms with Crippen LogP contribution in [0, 0.1) is 27.7 Å². The Morgan fingerprint density at radius 2 is 0.946 bits per heavy atom. The summed E-state index contributed by atoms with van der Waals surface area (Å²) in [6.07, 6.45) is 0. The average Bonchev–Trinajstić information content (AvgIpc) is 3.84. The lowest BCUT2D eigenvalue weighted by atomic mass is 9.69. The SMILES string of the molecule is Cc1ccc2c(c1)-c1sc3c(C)cc(C)cc3c1C21c2ccccc2-c2c(-c3c4ccccc4c(-c4ccc(C)c5ccccc45)c4ccccc34)cccc21. The summed E-state index contributed by atoms with van der Waals surface area (Å²) in [7, 11) is 0. The Labute approximate surface area is 331 Å². The van der Waals surface area contributed by atoms with Crippen molar-refractivity contribution in [3.05, 3.63) is 202 Å². The van der Waals surface area contributed by atoms with Crippen molar-refractivity contribution in [1.82, 2.24) is 0 Å². The second-order valence-electron chi connectivity index (χ2n) is 16.2. The first-order valence-electron chi connectivity index (χ1n) is 19.8. The fraction of sp³-hybridized carbons (Fsp3) is 0.0909. The standard InChI is InChI=1S/C55H38S/c1-31-24-27-47-44(29-31)54-52(45-30-32(2)28-34(4)53(45)56-54)55(47)46-22-12-11-20-42(46)51-43(21-13-23-48(51)55)50-39-18-9-7-16-37(39)49(38-17-8-10-19-40(38)50)41-26-25-33(3)35-14-5-6-15-36(35)41/h5-30H,1-4H3. The fourth-order valence-corrected chi connectivity index (χ4v) is 12.2. The largest absolute Gasteiger partial charge is 0.135 e. The molecule has 0 aliphatic heterocycles. The van der Waals surface area contributed by atoms with E-state index >= 15 is 0 Å². The van der Waals surface area contributed by atoms with Gasteiger partial charge in [0.05, 0.1) is 5.41 Å². The van der Waals surface area contributed by atoms with Gasteiger partial charge < -0.3 is 0 Å². The molecule has 1 heterocycles. The first kappa shape index (κ1) is 32.0. The summed E-state index contributed by atoms with van der Waals surface area (Å²) in [5, 5.41) is 9.14. The second kappa shape index (κ2) is 11.4. The van der Waals surface area contributed by atoms with Gasteiger partial charge in [0.2, 0.25) is 0 Å². The zero-order chi connectivity index (χ0) is 37.4. The van der Waals surface area contributed by atoms with Crippen molar-refractivity contribution in [3.8, 4) is 43.8 Å². The van der Waals surface area contributed by atoms with Gasteiger partial charge in [0.1, 0.15) is 0 Å². The number of rotatable bonds is 2. The molecule has 9 aromatic carbocycles. The number of aryl methyl sites for hydroxylation is 4. The maximum atomic E-state index is 2.46. The number of hydrogen-bond acceptors (Lipinski definition) is 1. The minimum atomic E-state index is -0.425. The highest BCUT2D eigenvalue weighted by molar-refractivity contribution is 7.22. The van der Waals surface area contributed by atoms with Crippen LogP contribution in [-0.4, -0.2) is 0 Å². The van der Waals surface area contributed by atoms with Gasteiger partial charge in [-0.25, -0.2) is 0 Å². The Bertz CT molecular complexity index is 3300. The Kier molecular flexibility index (Phi) is 6.51. The highest BCUT2D eigenvalue weighted by atomic mass is 32.1. The molecule has 0 radical (unpaired) electrons. The van der Waals surface area contributed by atoms with Crippen LogP contribution < -0.4 is 0 Å². The summed E-state index contributed by atoms with van der Waals surface area (Å²) < 4.78 is 1.41. The van der Waals surface area contributed by atoms with Gasteiger partial charge in [0, 0.05) is 9.58 Å². The van der Waals surface area contributed by atoms with E-state index in [4.69, 9.17) is 0 Å². The second-order valence-corrected chi connectivity index (χ2v) is 17.2. The van der Waals surface area contributed by atoms with Gasteiger partial charge in [-0.05, 0) is 138 Å². The Balaban J connectivity index is 1.24. The van der Waals surface area contributed by atoms with Gasteiger partial charge in [-0.3, -0.25) is 0 Å². The molecule has 12 rings (SSSR count). The van der Waals surface area contributed by atoms with Gasteiger partial charge in [-0.1, -0.05) is 169 Å². The molecule has 1 atom stereocenters. The molecule has 0 saturated heterocycles. The molecule has 2 aliphatic carbocycles. The lowest BCUT2D eigenvalue weighted by Crippen LogP contribution is -2.25. The van der Waals surface area contributed by atoms with E-state index in [0.29, 0.717) is 0 Å². The fourth-order valence-electron chi connectivity index (χ4n) is 10.9. The summed E-state index contributed by atoms with van der Waals surface area (Å²) in [6.45, 7) is 9.00. The third-order valence-corrected chi connectivity index (χ3v) is 14.4. The highest BCUT2D eigenvalue weighted by Crippen LogP contribution is 2.67. The van der Waals surface area contributed by atoms with Gasteiger partial charge >= 0.3 is 0 Å². The molecular formula is C55H38S. The van der Waals surface area contributed by atoms with Gasteiger partial charge in [0.25, 0.3) is 0 Å². The maximum absolute atomic E-state index is 2.46. The number of fused-ring (bicyclic) bond motifs is 15. The van der Waals surface area contributed by atoms with E-state index in [1.807, 2.05) is 11.3 Å². The normalized spacial score (nSPS) is 15.2. The molecule has 1 unspecified atom stereocenters. The Morgan fingerprint density at radius 3 is 1.68 bits per heavy atom. The molecule has 56 heavy (non-hydrogen) atoms. The van der Waals surface area contributed by atoms with E-state index in [2.05, 4.69) is 185 Å². The predicted molar refractivity (Wildman–Crippen MR) is 240 cm³/mol. The van der Waals surface area contributed by atoms with Crippen LogP contribution in [0.2, 0.25) is 0 Å². The van der Waals surface area contributed by atoms with E-state index in [1.54, 1.807) is 0 Å². The van der Waals surface area contributed by atoms with Crippen LogP contribution in [0.15, 0.2) is 158 Å². The molecule has 2 aliphatic rings. The average molecular weight is 731 g/mol. The maximum Gasteiger partial charge on any atom is 0.0740 e. The lowest BCUT2D eigenvalue weighted by Gasteiger charge is -2.31. The molecule has 0 N–H and O–H groups in total. The van der Waals surface area contributed by atoms with Crippen LogP contribution >= 0.6 is 11.3 Å². The molecule has 0 saturated carbocycles. The molecule has 264 valence electrons. The molecule has 0 nitrogen and oxygen atoms in total. The highest BCUT2D eigenvalue weighted by Gasteiger charge is 2.54. The third-order valence-electron chi connectivity index (χ3n) is 13.0. The third kappa shape index (κ3) is 3.98. The summed E-state index contributed by atoms with van der Waals surface area (Å²) in [5.41, 5.74) is 19.8. The summed E-state index contributed by atoms with van der Waals surface area (Å²) in [6, 6.07) is 60.3. The van der Waals surface area contributed by atoms with Crippen molar-refractivity contribution in [2.45, 2.75) is 33.1 Å². The van der Waals surface area contributed by atoms with Crippen LogP contribution in [0.3, 0.4) is 0 Å². The molecule has 0 fully saturated rings. The topological polar surface area (TPSA) is 0 Å². The van der Waals surface area contributed by atoms with E-state index in [1.165, 1.54) is 131 Å².